The molecule has 0 radical (unpaired) electrons. The van der Waals surface area contributed by atoms with Crippen LogP contribution >= 0.6 is 11.6 Å². The van der Waals surface area contributed by atoms with Crippen LogP contribution in [-0.4, -0.2) is 43.3 Å². The van der Waals surface area contributed by atoms with Gasteiger partial charge in [-0.05, 0) is 62.1 Å². The number of hydrogen-bond acceptors (Lipinski definition) is 7. The van der Waals surface area contributed by atoms with Gasteiger partial charge in [0.2, 0.25) is 5.95 Å². The summed E-state index contributed by atoms with van der Waals surface area (Å²) in [5.74, 6) is 2.51. The Kier molecular flexibility index (Phi) is 8.93. The minimum Gasteiger partial charge on any atom is -0.493 e. The summed E-state index contributed by atoms with van der Waals surface area (Å²) in [7, 11) is 5.47. The zero-order valence-corrected chi connectivity index (χ0v) is 24.4. The number of anilines is 2. The molecule has 1 aliphatic rings. The van der Waals surface area contributed by atoms with Gasteiger partial charge >= 0.3 is 6.18 Å². The summed E-state index contributed by atoms with van der Waals surface area (Å²) in [6, 6.07) is 17.1. The number of nitrogens with zero attached hydrogens (tertiary/aromatic N) is 3. The molecule has 1 saturated carbocycles. The maximum Gasteiger partial charge on any atom is 0.416 e. The first-order chi connectivity index (χ1) is 20.1. The summed E-state index contributed by atoms with van der Waals surface area (Å²) in [5.41, 5.74) is 0.881. The molecule has 0 bridgehead atoms. The molecular weight excluding hydrogens is 567 g/mol. The van der Waals surface area contributed by atoms with E-state index in [4.69, 9.17) is 31.0 Å². The normalized spacial score (nSPS) is 17.2. The van der Waals surface area contributed by atoms with E-state index in [1.54, 1.807) is 6.07 Å². The molecule has 1 fully saturated rings. The lowest BCUT2D eigenvalue weighted by Crippen LogP contribution is -2.37. The molecule has 0 unspecified atom stereocenters. The van der Waals surface area contributed by atoms with Crippen LogP contribution in [0.1, 0.15) is 36.8 Å². The molecule has 0 amide bonds. The predicted octanol–water partition coefficient (Wildman–Crippen LogP) is 7.68. The number of para-hydroxylation sites is 2. The van der Waals surface area contributed by atoms with Crippen molar-refractivity contribution in [2.24, 2.45) is 0 Å². The van der Waals surface area contributed by atoms with E-state index in [2.05, 4.69) is 10.6 Å². The zero-order valence-electron chi connectivity index (χ0n) is 23.6. The molecular formula is C31H33ClF3N5O2. The smallest absolute Gasteiger partial charge is 0.416 e. The highest BCUT2D eigenvalue weighted by molar-refractivity contribution is 6.32. The third-order valence-electron chi connectivity index (χ3n) is 7.40. The molecule has 0 atom stereocenters. The number of nitrogens with one attached hydrogen (secondary N) is 2. The van der Waals surface area contributed by atoms with E-state index in [-0.39, 0.29) is 22.9 Å². The highest BCUT2D eigenvalue weighted by atomic mass is 35.5. The molecule has 42 heavy (non-hydrogen) atoms. The molecule has 1 aliphatic carbocycles. The van der Waals surface area contributed by atoms with Gasteiger partial charge in [-0.3, -0.25) is 0 Å². The topological polar surface area (TPSA) is 71.5 Å². The van der Waals surface area contributed by atoms with Gasteiger partial charge in [-0.2, -0.15) is 18.2 Å². The number of alkyl halides is 3. The molecule has 1 aromatic heterocycles. The first kappa shape index (κ1) is 29.7. The van der Waals surface area contributed by atoms with Crippen LogP contribution in [-0.2, 0) is 12.7 Å². The number of methoxy groups -OCH3 is 1. The molecule has 4 aromatic rings. The second-order valence-corrected chi connectivity index (χ2v) is 11.0. The number of hydrogen-bond donors (Lipinski definition) is 2. The Labute approximate surface area is 248 Å². The number of aromatic nitrogens is 2. The number of fused-ring (bicyclic) bond motifs is 1. The molecule has 0 saturated heterocycles. The van der Waals surface area contributed by atoms with Gasteiger partial charge in [0, 0.05) is 43.7 Å². The van der Waals surface area contributed by atoms with Crippen molar-refractivity contribution in [3.8, 4) is 17.2 Å². The number of rotatable bonds is 9. The second-order valence-electron chi connectivity index (χ2n) is 10.5. The van der Waals surface area contributed by atoms with Crippen LogP contribution in [0.15, 0.2) is 60.7 Å². The molecule has 2 N–H and O–H groups in total. The van der Waals surface area contributed by atoms with Gasteiger partial charge in [-0.15, -0.1) is 0 Å². The van der Waals surface area contributed by atoms with Crippen LogP contribution in [0.2, 0.25) is 5.02 Å². The average Bonchev–Trinajstić information content (AvgIpc) is 2.97. The summed E-state index contributed by atoms with van der Waals surface area (Å²) in [6.45, 7) is 0.494. The van der Waals surface area contributed by atoms with E-state index in [1.807, 2.05) is 55.4 Å². The van der Waals surface area contributed by atoms with Crippen molar-refractivity contribution in [3.05, 3.63) is 76.8 Å². The van der Waals surface area contributed by atoms with Crippen LogP contribution in [0.5, 0.6) is 17.2 Å². The molecule has 3 aromatic carbocycles. The van der Waals surface area contributed by atoms with E-state index < -0.39 is 11.7 Å². The summed E-state index contributed by atoms with van der Waals surface area (Å²) in [4.78, 5) is 11.5. The average molecular weight is 600 g/mol. The third-order valence-corrected chi connectivity index (χ3v) is 7.70. The van der Waals surface area contributed by atoms with E-state index in [1.165, 1.54) is 13.2 Å². The van der Waals surface area contributed by atoms with Gasteiger partial charge in [0.15, 0.2) is 11.5 Å². The summed E-state index contributed by atoms with van der Waals surface area (Å²) >= 11 is 6.16. The van der Waals surface area contributed by atoms with Crippen molar-refractivity contribution in [1.82, 2.24) is 15.3 Å². The summed E-state index contributed by atoms with van der Waals surface area (Å²) < 4.78 is 50.8. The predicted molar refractivity (Wildman–Crippen MR) is 160 cm³/mol. The summed E-state index contributed by atoms with van der Waals surface area (Å²) in [5, 5.41) is 8.03. The van der Waals surface area contributed by atoms with Crippen molar-refractivity contribution in [2.45, 2.75) is 50.5 Å². The molecule has 222 valence electrons. The van der Waals surface area contributed by atoms with E-state index in [0.29, 0.717) is 24.0 Å². The minimum absolute atomic E-state index is 0.121. The molecule has 0 aliphatic heterocycles. The minimum atomic E-state index is -4.49. The Morgan fingerprint density at radius 2 is 1.67 bits per heavy atom. The Bertz CT molecular complexity index is 1540. The lowest BCUT2D eigenvalue weighted by Gasteiger charge is -2.30. The van der Waals surface area contributed by atoms with Crippen LogP contribution < -0.4 is 25.0 Å². The van der Waals surface area contributed by atoms with Gasteiger partial charge in [0.1, 0.15) is 11.6 Å². The third kappa shape index (κ3) is 6.82. The van der Waals surface area contributed by atoms with E-state index in [9.17, 15) is 13.2 Å². The lowest BCUT2D eigenvalue weighted by atomic mass is 9.91. The van der Waals surface area contributed by atoms with Crippen LogP contribution in [0, 0.1) is 0 Å². The quantitative estimate of drug-likeness (QED) is 0.204. The van der Waals surface area contributed by atoms with Gasteiger partial charge in [-0.1, -0.05) is 35.9 Å². The van der Waals surface area contributed by atoms with Gasteiger partial charge in [-0.25, -0.2) is 4.98 Å². The molecule has 1 heterocycles. The van der Waals surface area contributed by atoms with Crippen LogP contribution in [0.25, 0.3) is 10.9 Å². The van der Waals surface area contributed by atoms with Crippen LogP contribution in [0.4, 0.5) is 24.9 Å². The largest absolute Gasteiger partial charge is 0.493 e. The number of halogens is 4. The van der Waals surface area contributed by atoms with Crippen molar-refractivity contribution < 1.29 is 22.6 Å². The fourth-order valence-electron chi connectivity index (χ4n) is 5.19. The highest BCUT2D eigenvalue weighted by Gasteiger charge is 2.31. The highest BCUT2D eigenvalue weighted by Crippen LogP contribution is 2.40. The van der Waals surface area contributed by atoms with Gasteiger partial charge in [0.05, 0.1) is 23.2 Å². The van der Waals surface area contributed by atoms with Gasteiger partial charge in [0.25, 0.3) is 0 Å². The monoisotopic (exact) mass is 599 g/mol. The fraction of sp³-hybridized carbons (Fsp3) is 0.355. The lowest BCUT2D eigenvalue weighted by molar-refractivity contribution is -0.137. The standard InChI is InChI=1S/C31H33ClF3N5O2/c1-40(2)29-23-8-4-5-9-25(23)38-30(39-29)37-22-14-12-21(13-15-22)36-18-19-7-6-10-27(41-3)28(19)42-26-16-11-20(17-24(26)32)31(33,34)35/h4-11,16-17,21-22,36H,12-15,18H2,1-3H3,(H,37,38,39). The second kappa shape index (κ2) is 12.6. The van der Waals surface area contributed by atoms with Gasteiger partial charge < -0.3 is 25.0 Å². The fourth-order valence-corrected chi connectivity index (χ4v) is 5.41. The maximum atomic E-state index is 13.1. The maximum absolute atomic E-state index is 13.1. The van der Waals surface area contributed by atoms with Crippen LogP contribution in [0.3, 0.4) is 0 Å². The number of benzene rings is 3. The van der Waals surface area contributed by atoms with E-state index in [0.717, 1.165) is 60.1 Å². The molecule has 0 spiro atoms. The molecule has 7 nitrogen and oxygen atoms in total. The van der Waals surface area contributed by atoms with Crippen molar-refractivity contribution >= 4 is 34.3 Å². The first-order valence-corrected chi connectivity index (χ1v) is 14.1. The Hall–Kier alpha value is -3.76. The van der Waals surface area contributed by atoms with E-state index >= 15 is 0 Å². The first-order valence-electron chi connectivity index (χ1n) is 13.8. The Morgan fingerprint density at radius 3 is 2.36 bits per heavy atom. The number of ether oxygens (including phenoxy) is 2. The summed E-state index contributed by atoms with van der Waals surface area (Å²) in [6.07, 6.45) is -0.678. The SMILES string of the molecule is COc1cccc(CNC2CCC(Nc3nc(N(C)C)c4ccccc4n3)CC2)c1Oc1ccc(C(F)(F)F)cc1Cl. The van der Waals surface area contributed by atoms with Crippen molar-refractivity contribution in [1.29, 1.82) is 0 Å². The van der Waals surface area contributed by atoms with Crippen molar-refractivity contribution in [2.75, 3.05) is 31.4 Å². The van der Waals surface area contributed by atoms with Crippen molar-refractivity contribution in [3.63, 3.8) is 0 Å². The Morgan fingerprint density at radius 1 is 0.929 bits per heavy atom. The zero-order chi connectivity index (χ0) is 29.9. The Balaban J connectivity index is 1.22. The molecule has 5 rings (SSSR count). The molecule has 11 heteroatoms.